The lowest BCUT2D eigenvalue weighted by molar-refractivity contribution is 0.819. The summed E-state index contributed by atoms with van der Waals surface area (Å²) in [7, 11) is 0. The molecular weight excluding hydrogens is 226 g/mol. The summed E-state index contributed by atoms with van der Waals surface area (Å²) in [6.45, 7) is 0.704. The zero-order chi connectivity index (χ0) is 12.4. The molecule has 1 aromatic carbocycles. The third-order valence-electron chi connectivity index (χ3n) is 2.90. The summed E-state index contributed by atoms with van der Waals surface area (Å²) < 4.78 is 1.77. The highest BCUT2D eigenvalue weighted by Crippen LogP contribution is 2.13. The molecule has 92 valence electrons. The topological polar surface area (TPSA) is 72.5 Å². The van der Waals surface area contributed by atoms with Gasteiger partial charge < -0.3 is 10.7 Å². The Hall–Kier alpha value is -2.14. The van der Waals surface area contributed by atoms with Gasteiger partial charge in [-0.3, -0.25) is 0 Å². The molecule has 0 saturated carbocycles. The number of fused-ring (bicyclic) bond motifs is 1. The third-order valence-corrected chi connectivity index (χ3v) is 2.90. The molecule has 3 rings (SSSR count). The van der Waals surface area contributed by atoms with Gasteiger partial charge in [0.15, 0.2) is 0 Å². The first-order chi connectivity index (χ1) is 8.86. The summed E-state index contributed by atoms with van der Waals surface area (Å²) in [6.07, 6.45) is 5.79. The van der Waals surface area contributed by atoms with Gasteiger partial charge >= 0.3 is 0 Å². The molecule has 0 atom stereocenters. The number of benzene rings is 1. The number of aromatic nitrogens is 4. The van der Waals surface area contributed by atoms with Crippen molar-refractivity contribution in [2.75, 3.05) is 6.54 Å². The van der Waals surface area contributed by atoms with Crippen LogP contribution in [0, 0.1) is 0 Å². The Morgan fingerprint density at radius 2 is 2.17 bits per heavy atom. The van der Waals surface area contributed by atoms with Gasteiger partial charge in [-0.25, -0.2) is 9.67 Å². The molecule has 0 spiro atoms. The number of hydrogen-bond donors (Lipinski definition) is 2. The van der Waals surface area contributed by atoms with Crippen LogP contribution in [0.4, 0.5) is 0 Å². The van der Waals surface area contributed by atoms with Crippen molar-refractivity contribution in [2.24, 2.45) is 5.73 Å². The third kappa shape index (κ3) is 2.00. The van der Waals surface area contributed by atoms with Crippen molar-refractivity contribution >= 4 is 11.0 Å². The summed E-state index contributed by atoms with van der Waals surface area (Å²) in [5.74, 6) is 0.746. The molecule has 18 heavy (non-hydrogen) atoms. The Balaban J connectivity index is 1.91. The summed E-state index contributed by atoms with van der Waals surface area (Å²) in [5.41, 5.74) is 8.65. The van der Waals surface area contributed by atoms with E-state index in [-0.39, 0.29) is 0 Å². The lowest BCUT2D eigenvalue weighted by Crippen LogP contribution is -2.00. The SMILES string of the molecule is NCCCc1cnn(-c2nc3ccccc3[nH]2)c1. The van der Waals surface area contributed by atoms with Crippen LogP contribution in [0.3, 0.4) is 0 Å². The van der Waals surface area contributed by atoms with Gasteiger partial charge in [-0.05, 0) is 37.1 Å². The first kappa shape index (κ1) is 11.0. The van der Waals surface area contributed by atoms with Crippen LogP contribution in [0.25, 0.3) is 17.0 Å². The fourth-order valence-corrected chi connectivity index (χ4v) is 1.96. The minimum atomic E-state index is 0.704. The number of aromatic amines is 1. The predicted octanol–water partition coefficient (Wildman–Crippen LogP) is 1.64. The normalized spacial score (nSPS) is 11.2. The second kappa shape index (κ2) is 4.62. The number of nitrogens with zero attached hydrogens (tertiary/aromatic N) is 3. The summed E-state index contributed by atoms with van der Waals surface area (Å²) >= 11 is 0. The molecular formula is C13H15N5. The molecule has 5 nitrogen and oxygen atoms in total. The van der Waals surface area contributed by atoms with Gasteiger partial charge in [-0.2, -0.15) is 5.10 Å². The van der Waals surface area contributed by atoms with Crippen LogP contribution in [0.1, 0.15) is 12.0 Å². The molecule has 0 fully saturated rings. The first-order valence-electron chi connectivity index (χ1n) is 6.05. The van der Waals surface area contributed by atoms with E-state index < -0.39 is 0 Å². The molecule has 3 aromatic rings. The van der Waals surface area contributed by atoms with E-state index in [1.807, 2.05) is 36.7 Å². The lowest BCUT2D eigenvalue weighted by Gasteiger charge is -1.94. The van der Waals surface area contributed by atoms with Gasteiger partial charge in [0.1, 0.15) is 0 Å². The largest absolute Gasteiger partial charge is 0.330 e. The molecule has 0 amide bonds. The number of hydrogen-bond acceptors (Lipinski definition) is 3. The molecule has 0 aliphatic carbocycles. The Morgan fingerprint density at radius 1 is 1.28 bits per heavy atom. The smallest absolute Gasteiger partial charge is 0.229 e. The quantitative estimate of drug-likeness (QED) is 0.729. The average molecular weight is 241 g/mol. The predicted molar refractivity (Wildman–Crippen MR) is 70.6 cm³/mol. The van der Waals surface area contributed by atoms with Gasteiger partial charge in [-0.1, -0.05) is 12.1 Å². The van der Waals surface area contributed by atoms with Crippen LogP contribution < -0.4 is 5.73 Å². The van der Waals surface area contributed by atoms with E-state index in [9.17, 15) is 0 Å². The Labute approximate surface area is 105 Å². The summed E-state index contributed by atoms with van der Waals surface area (Å²) in [4.78, 5) is 7.74. The van der Waals surface area contributed by atoms with E-state index in [1.54, 1.807) is 4.68 Å². The highest BCUT2D eigenvalue weighted by atomic mass is 15.3. The maximum absolute atomic E-state index is 5.50. The summed E-state index contributed by atoms with van der Waals surface area (Å²) in [6, 6.07) is 7.95. The second-order valence-electron chi connectivity index (χ2n) is 4.26. The van der Waals surface area contributed by atoms with Crippen LogP contribution in [-0.4, -0.2) is 26.3 Å². The number of nitrogens with two attached hydrogens (primary N) is 1. The number of rotatable bonds is 4. The molecule has 3 N–H and O–H groups in total. The first-order valence-corrected chi connectivity index (χ1v) is 6.05. The molecule has 5 heteroatoms. The van der Waals surface area contributed by atoms with Gasteiger partial charge in [0, 0.05) is 6.20 Å². The van der Waals surface area contributed by atoms with Gasteiger partial charge in [0.05, 0.1) is 17.2 Å². The van der Waals surface area contributed by atoms with E-state index >= 15 is 0 Å². The number of para-hydroxylation sites is 2. The number of aryl methyl sites for hydroxylation is 1. The fraction of sp³-hybridized carbons (Fsp3) is 0.231. The van der Waals surface area contributed by atoms with Crippen molar-refractivity contribution in [3.8, 4) is 5.95 Å². The van der Waals surface area contributed by atoms with Gasteiger partial charge in [0.25, 0.3) is 0 Å². The van der Waals surface area contributed by atoms with Crippen molar-refractivity contribution in [3.63, 3.8) is 0 Å². The molecule has 2 heterocycles. The van der Waals surface area contributed by atoms with Crippen molar-refractivity contribution in [1.82, 2.24) is 19.7 Å². The van der Waals surface area contributed by atoms with Crippen molar-refractivity contribution in [1.29, 1.82) is 0 Å². The Bertz CT molecular complexity index is 619. The molecule has 0 unspecified atom stereocenters. The van der Waals surface area contributed by atoms with Crippen LogP contribution in [-0.2, 0) is 6.42 Å². The Kier molecular flexibility index (Phi) is 2.82. The van der Waals surface area contributed by atoms with E-state index in [0.717, 1.165) is 29.8 Å². The molecule has 2 aromatic heterocycles. The summed E-state index contributed by atoms with van der Waals surface area (Å²) in [5, 5.41) is 4.32. The standard InChI is InChI=1S/C13H15N5/c14-7-3-4-10-8-15-18(9-10)13-16-11-5-1-2-6-12(11)17-13/h1-2,5-6,8-9H,3-4,7,14H2,(H,16,17). The minimum absolute atomic E-state index is 0.704. The zero-order valence-corrected chi connectivity index (χ0v) is 10.0. The Morgan fingerprint density at radius 3 is 3.00 bits per heavy atom. The van der Waals surface area contributed by atoms with Crippen LogP contribution in [0.15, 0.2) is 36.7 Å². The number of nitrogens with one attached hydrogen (secondary N) is 1. The number of H-pyrrole nitrogens is 1. The maximum atomic E-state index is 5.50. The number of imidazole rings is 1. The molecule has 0 radical (unpaired) electrons. The zero-order valence-electron chi connectivity index (χ0n) is 10.0. The van der Waals surface area contributed by atoms with Crippen molar-refractivity contribution < 1.29 is 0 Å². The monoisotopic (exact) mass is 241 g/mol. The molecule has 0 saturated heterocycles. The van der Waals surface area contributed by atoms with E-state index in [1.165, 1.54) is 5.56 Å². The molecule has 0 aliphatic rings. The van der Waals surface area contributed by atoms with Crippen molar-refractivity contribution in [2.45, 2.75) is 12.8 Å². The highest BCUT2D eigenvalue weighted by molar-refractivity contribution is 5.75. The molecule has 0 bridgehead atoms. The van der Waals surface area contributed by atoms with Crippen LogP contribution >= 0.6 is 0 Å². The highest BCUT2D eigenvalue weighted by Gasteiger charge is 2.05. The van der Waals surface area contributed by atoms with Crippen molar-refractivity contribution in [3.05, 3.63) is 42.2 Å². The van der Waals surface area contributed by atoms with E-state index in [2.05, 4.69) is 15.1 Å². The minimum Gasteiger partial charge on any atom is -0.330 e. The fourth-order valence-electron chi connectivity index (χ4n) is 1.96. The van der Waals surface area contributed by atoms with Crippen LogP contribution in [0.5, 0.6) is 0 Å². The lowest BCUT2D eigenvalue weighted by atomic mass is 10.2. The van der Waals surface area contributed by atoms with Gasteiger partial charge in [-0.15, -0.1) is 0 Å². The maximum Gasteiger partial charge on any atom is 0.229 e. The average Bonchev–Trinajstić information content (AvgIpc) is 3.02. The second-order valence-corrected chi connectivity index (χ2v) is 4.26. The van der Waals surface area contributed by atoms with E-state index in [0.29, 0.717) is 6.54 Å². The van der Waals surface area contributed by atoms with E-state index in [4.69, 9.17) is 5.73 Å². The van der Waals surface area contributed by atoms with Gasteiger partial charge in [0.2, 0.25) is 5.95 Å². The van der Waals surface area contributed by atoms with Crippen LogP contribution in [0.2, 0.25) is 0 Å². The molecule has 0 aliphatic heterocycles.